The Hall–Kier alpha value is -1.47. The molecule has 0 aromatic heterocycles. The van der Waals surface area contributed by atoms with E-state index in [1.54, 1.807) is 14.0 Å². The van der Waals surface area contributed by atoms with Crippen LogP contribution in [0.15, 0.2) is 18.2 Å². The van der Waals surface area contributed by atoms with Gasteiger partial charge in [0.15, 0.2) is 11.6 Å². The number of hydrogen-bond donors (Lipinski definition) is 2. The summed E-state index contributed by atoms with van der Waals surface area (Å²) in [5.41, 5.74) is 0.187. The lowest BCUT2D eigenvalue weighted by molar-refractivity contribution is -0.119. The molecule has 0 spiro atoms. The van der Waals surface area contributed by atoms with E-state index in [1.807, 2.05) is 0 Å². The van der Waals surface area contributed by atoms with Crippen LogP contribution in [0.1, 0.15) is 6.92 Å². The van der Waals surface area contributed by atoms with E-state index in [0.29, 0.717) is 6.54 Å². The van der Waals surface area contributed by atoms with Crippen molar-refractivity contribution in [2.24, 2.45) is 5.92 Å². The number of alkyl halides is 2. The van der Waals surface area contributed by atoms with Crippen LogP contribution in [0.4, 0.5) is 18.9 Å². The highest BCUT2D eigenvalue weighted by Crippen LogP contribution is 2.23. The van der Waals surface area contributed by atoms with Crippen LogP contribution in [-0.4, -0.2) is 26.1 Å². The molecule has 1 aromatic carbocycles. The summed E-state index contributed by atoms with van der Waals surface area (Å²) < 4.78 is 41.2. The zero-order valence-corrected chi connectivity index (χ0v) is 11.8. The van der Waals surface area contributed by atoms with Gasteiger partial charge < -0.3 is 15.4 Å². The fourth-order valence-corrected chi connectivity index (χ4v) is 1.43. The first-order valence-corrected chi connectivity index (χ1v) is 5.64. The lowest BCUT2D eigenvalue weighted by Gasteiger charge is -2.12. The van der Waals surface area contributed by atoms with Crippen molar-refractivity contribution in [1.82, 2.24) is 5.32 Å². The normalized spacial score (nSPS) is 11.7. The van der Waals surface area contributed by atoms with Gasteiger partial charge in [0.25, 0.3) is 0 Å². The van der Waals surface area contributed by atoms with E-state index in [9.17, 15) is 18.0 Å². The summed E-state index contributed by atoms with van der Waals surface area (Å²) in [6.07, 6.45) is 0. The third-order valence-corrected chi connectivity index (χ3v) is 2.37. The average Bonchev–Trinajstić information content (AvgIpc) is 2.32. The van der Waals surface area contributed by atoms with E-state index in [-0.39, 0.29) is 29.9 Å². The Morgan fingerprint density at radius 3 is 2.55 bits per heavy atom. The monoisotopic (exact) mass is 312 g/mol. The third kappa shape index (κ3) is 5.66. The molecule has 0 aliphatic carbocycles. The van der Waals surface area contributed by atoms with Crippen molar-refractivity contribution in [3.63, 3.8) is 0 Å². The molecule has 1 atom stereocenters. The van der Waals surface area contributed by atoms with Crippen molar-refractivity contribution >= 4 is 24.0 Å². The molecule has 0 heterocycles. The van der Waals surface area contributed by atoms with Crippen LogP contribution in [0.25, 0.3) is 0 Å². The lowest BCUT2D eigenvalue weighted by atomic mass is 10.1. The quantitative estimate of drug-likeness (QED) is 0.849. The van der Waals surface area contributed by atoms with Gasteiger partial charge in [-0.25, -0.2) is 4.39 Å². The highest BCUT2D eigenvalue weighted by atomic mass is 35.5. The zero-order chi connectivity index (χ0) is 14.4. The van der Waals surface area contributed by atoms with Gasteiger partial charge in [-0.1, -0.05) is 6.92 Å². The Balaban J connectivity index is 0.00000361. The summed E-state index contributed by atoms with van der Waals surface area (Å²) in [6, 6.07) is 3.27. The minimum Gasteiger partial charge on any atom is -0.432 e. The summed E-state index contributed by atoms with van der Waals surface area (Å²) in [4.78, 5) is 11.7. The topological polar surface area (TPSA) is 50.4 Å². The van der Waals surface area contributed by atoms with E-state index in [4.69, 9.17) is 0 Å². The number of rotatable bonds is 6. The summed E-state index contributed by atoms with van der Waals surface area (Å²) >= 11 is 0. The average molecular weight is 313 g/mol. The molecule has 0 radical (unpaired) electrons. The fraction of sp³-hybridized carbons (Fsp3) is 0.417. The smallest absolute Gasteiger partial charge is 0.387 e. The molecular formula is C12H16ClF3N2O2. The summed E-state index contributed by atoms with van der Waals surface area (Å²) in [6.45, 7) is -0.914. The van der Waals surface area contributed by atoms with Crippen LogP contribution < -0.4 is 15.4 Å². The van der Waals surface area contributed by atoms with Crippen molar-refractivity contribution in [1.29, 1.82) is 0 Å². The molecule has 0 bridgehead atoms. The first kappa shape index (κ1) is 18.5. The maximum absolute atomic E-state index is 13.4. The van der Waals surface area contributed by atoms with Crippen LogP contribution in [0, 0.1) is 11.7 Å². The van der Waals surface area contributed by atoms with Gasteiger partial charge in [0, 0.05) is 24.2 Å². The predicted molar refractivity (Wildman–Crippen MR) is 72.0 cm³/mol. The molecule has 1 rings (SSSR count). The molecule has 8 heteroatoms. The summed E-state index contributed by atoms with van der Waals surface area (Å²) in [5.74, 6) is -2.11. The third-order valence-electron chi connectivity index (χ3n) is 2.37. The molecule has 1 unspecified atom stereocenters. The van der Waals surface area contributed by atoms with Crippen molar-refractivity contribution < 1.29 is 22.7 Å². The van der Waals surface area contributed by atoms with Crippen LogP contribution in [0.3, 0.4) is 0 Å². The number of carbonyl (C=O) groups is 1. The van der Waals surface area contributed by atoms with Gasteiger partial charge in [-0.05, 0) is 19.2 Å². The summed E-state index contributed by atoms with van der Waals surface area (Å²) in [5, 5.41) is 5.32. The molecule has 0 aliphatic heterocycles. The Morgan fingerprint density at radius 1 is 1.40 bits per heavy atom. The molecule has 0 saturated carbocycles. The highest BCUT2D eigenvalue weighted by Gasteiger charge is 2.14. The molecule has 1 aromatic rings. The number of halogens is 4. The minimum atomic E-state index is -3.09. The number of amides is 1. The second-order valence-electron chi connectivity index (χ2n) is 3.97. The highest BCUT2D eigenvalue weighted by molar-refractivity contribution is 5.92. The largest absolute Gasteiger partial charge is 0.432 e. The van der Waals surface area contributed by atoms with Crippen LogP contribution in [-0.2, 0) is 4.79 Å². The zero-order valence-electron chi connectivity index (χ0n) is 11.0. The van der Waals surface area contributed by atoms with Gasteiger partial charge >= 0.3 is 6.61 Å². The van der Waals surface area contributed by atoms with E-state index in [2.05, 4.69) is 15.4 Å². The van der Waals surface area contributed by atoms with E-state index >= 15 is 0 Å². The maximum atomic E-state index is 13.4. The van der Waals surface area contributed by atoms with E-state index in [0.717, 1.165) is 12.1 Å². The Bertz CT molecular complexity index is 447. The number of hydrogen-bond acceptors (Lipinski definition) is 3. The Morgan fingerprint density at radius 2 is 2.05 bits per heavy atom. The molecule has 1 amide bonds. The first-order chi connectivity index (χ1) is 8.93. The molecule has 0 fully saturated rings. The number of nitrogens with one attached hydrogen (secondary N) is 2. The molecular weight excluding hydrogens is 297 g/mol. The Kier molecular flexibility index (Phi) is 8.02. The molecule has 0 aliphatic rings. The van der Waals surface area contributed by atoms with E-state index < -0.39 is 18.2 Å². The van der Waals surface area contributed by atoms with Crippen LogP contribution in [0.5, 0.6) is 5.75 Å². The van der Waals surface area contributed by atoms with Gasteiger partial charge in [0.2, 0.25) is 5.91 Å². The number of benzene rings is 1. The van der Waals surface area contributed by atoms with Gasteiger partial charge in [-0.3, -0.25) is 4.79 Å². The summed E-state index contributed by atoms with van der Waals surface area (Å²) in [7, 11) is 1.71. The minimum absolute atomic E-state index is 0. The molecule has 4 nitrogen and oxygen atoms in total. The predicted octanol–water partition coefficient (Wildman–Crippen LogP) is 2.64. The van der Waals surface area contributed by atoms with Crippen molar-refractivity contribution in [3.05, 3.63) is 24.0 Å². The Labute approximate surface area is 121 Å². The first-order valence-electron chi connectivity index (χ1n) is 5.64. The number of anilines is 1. The van der Waals surface area contributed by atoms with Gasteiger partial charge in [0.1, 0.15) is 0 Å². The second-order valence-corrected chi connectivity index (χ2v) is 3.97. The molecule has 20 heavy (non-hydrogen) atoms. The standard InChI is InChI=1S/C12H15F3N2O2.ClH/c1-7(6-16-2)11(18)17-8-3-4-10(9(13)5-8)19-12(14)15;/h3-5,7,12,16H,6H2,1-2H3,(H,17,18);1H. The van der Waals surface area contributed by atoms with Crippen LogP contribution >= 0.6 is 12.4 Å². The van der Waals surface area contributed by atoms with Gasteiger partial charge in [0.05, 0.1) is 0 Å². The van der Waals surface area contributed by atoms with Gasteiger partial charge in [-0.15, -0.1) is 12.4 Å². The van der Waals surface area contributed by atoms with Crippen molar-refractivity contribution in [2.75, 3.05) is 18.9 Å². The SMILES string of the molecule is CNCC(C)C(=O)Nc1ccc(OC(F)F)c(F)c1.Cl. The van der Waals surface area contributed by atoms with Crippen LogP contribution in [0.2, 0.25) is 0 Å². The fourth-order valence-electron chi connectivity index (χ4n) is 1.43. The van der Waals surface area contributed by atoms with Crippen molar-refractivity contribution in [3.8, 4) is 5.75 Å². The molecule has 0 saturated heterocycles. The van der Waals surface area contributed by atoms with Gasteiger partial charge in [-0.2, -0.15) is 8.78 Å². The number of ether oxygens (including phenoxy) is 1. The lowest BCUT2D eigenvalue weighted by Crippen LogP contribution is -2.28. The second kappa shape index (κ2) is 8.65. The van der Waals surface area contributed by atoms with Crippen molar-refractivity contribution in [2.45, 2.75) is 13.5 Å². The number of carbonyl (C=O) groups excluding carboxylic acids is 1. The molecule has 2 N–H and O–H groups in total. The maximum Gasteiger partial charge on any atom is 0.387 e. The van der Waals surface area contributed by atoms with E-state index in [1.165, 1.54) is 6.07 Å². The molecule has 114 valence electrons.